The molecule has 2 aromatic rings. The lowest BCUT2D eigenvalue weighted by atomic mass is 10.2. The van der Waals surface area contributed by atoms with Crippen LogP contribution in [0.15, 0.2) is 24.4 Å². The number of aromatic nitrogens is 1. The predicted octanol–water partition coefficient (Wildman–Crippen LogP) is 3.24. The Bertz CT molecular complexity index is 699. The predicted molar refractivity (Wildman–Crippen MR) is 85.2 cm³/mol. The number of nitrogens with zero attached hydrogens (tertiary/aromatic N) is 2. The third-order valence-electron chi connectivity index (χ3n) is 3.00. The lowest BCUT2D eigenvalue weighted by Gasteiger charge is -2.07. The smallest absolute Gasteiger partial charge is 0.319 e. The maximum Gasteiger partial charge on any atom is 0.319 e. The number of rotatable bonds is 5. The van der Waals surface area contributed by atoms with E-state index >= 15 is 0 Å². The molecule has 0 aliphatic carbocycles. The Balaban J connectivity index is 1.91. The van der Waals surface area contributed by atoms with Crippen LogP contribution in [0.4, 0.5) is 16.2 Å². The fraction of sp³-hybridized carbons (Fsp3) is 0.286. The number of aryl methyl sites for hydroxylation is 2. The van der Waals surface area contributed by atoms with Gasteiger partial charge in [-0.1, -0.05) is 6.92 Å². The van der Waals surface area contributed by atoms with Crippen LogP contribution >= 0.6 is 11.3 Å². The molecule has 1 heterocycles. The molecule has 0 radical (unpaired) electrons. The van der Waals surface area contributed by atoms with Crippen LogP contribution in [0.5, 0.6) is 0 Å². The minimum atomic E-state index is -0.451. The van der Waals surface area contributed by atoms with E-state index in [1.54, 1.807) is 30.5 Å². The van der Waals surface area contributed by atoms with E-state index in [-0.39, 0.29) is 11.7 Å². The third-order valence-corrected chi connectivity index (χ3v) is 4.14. The van der Waals surface area contributed by atoms with Crippen molar-refractivity contribution in [2.24, 2.45) is 0 Å². The van der Waals surface area contributed by atoms with Gasteiger partial charge in [0.05, 0.1) is 11.5 Å². The third kappa shape index (κ3) is 4.01. The molecule has 2 rings (SSSR count). The highest BCUT2D eigenvalue weighted by Crippen LogP contribution is 2.21. The van der Waals surface area contributed by atoms with Crippen LogP contribution in [0.2, 0.25) is 0 Å². The number of carbonyl (C=O) groups is 1. The molecule has 0 bridgehead atoms. The Morgan fingerprint density at radius 1 is 1.45 bits per heavy atom. The van der Waals surface area contributed by atoms with E-state index in [0.717, 1.165) is 11.4 Å². The highest BCUT2D eigenvalue weighted by molar-refractivity contribution is 7.11. The lowest BCUT2D eigenvalue weighted by molar-refractivity contribution is -0.385. The number of urea groups is 1. The number of hydrogen-bond acceptors (Lipinski definition) is 5. The van der Waals surface area contributed by atoms with Crippen molar-refractivity contribution >= 4 is 28.7 Å². The number of benzene rings is 1. The van der Waals surface area contributed by atoms with E-state index in [1.165, 1.54) is 17.0 Å². The number of nitro groups is 1. The van der Waals surface area contributed by atoms with Crippen LogP contribution < -0.4 is 10.6 Å². The molecular formula is C14H16N4O3S. The van der Waals surface area contributed by atoms with Crippen LogP contribution in [0, 0.1) is 17.0 Å². The topological polar surface area (TPSA) is 97.2 Å². The molecule has 2 N–H and O–H groups in total. The minimum Gasteiger partial charge on any atom is -0.331 e. The Labute approximate surface area is 131 Å². The van der Waals surface area contributed by atoms with Crippen LogP contribution in [0.25, 0.3) is 0 Å². The summed E-state index contributed by atoms with van der Waals surface area (Å²) in [5.41, 5.74) is 1.03. The summed E-state index contributed by atoms with van der Waals surface area (Å²) in [5, 5.41) is 16.9. The molecule has 1 aromatic carbocycles. The Hall–Kier alpha value is -2.48. The number of anilines is 1. The van der Waals surface area contributed by atoms with Gasteiger partial charge in [-0.15, -0.1) is 11.3 Å². The summed E-state index contributed by atoms with van der Waals surface area (Å²) in [7, 11) is 0. The first-order chi connectivity index (χ1) is 10.5. The Kier molecular flexibility index (Phi) is 5.05. The number of nitrogens with one attached hydrogen (secondary N) is 2. The molecule has 1 aromatic heterocycles. The molecule has 116 valence electrons. The van der Waals surface area contributed by atoms with Gasteiger partial charge in [-0.2, -0.15) is 0 Å². The first-order valence-electron chi connectivity index (χ1n) is 6.73. The van der Waals surface area contributed by atoms with Crippen molar-refractivity contribution < 1.29 is 9.72 Å². The number of amides is 2. The van der Waals surface area contributed by atoms with Crippen molar-refractivity contribution in [3.05, 3.63) is 50.0 Å². The fourth-order valence-electron chi connectivity index (χ4n) is 1.86. The second kappa shape index (κ2) is 6.99. The van der Waals surface area contributed by atoms with Crippen LogP contribution in [-0.2, 0) is 13.0 Å². The molecule has 7 nitrogen and oxygen atoms in total. The van der Waals surface area contributed by atoms with Crippen LogP contribution in [0.3, 0.4) is 0 Å². The second-order valence-corrected chi connectivity index (χ2v) is 5.84. The Morgan fingerprint density at radius 3 is 2.82 bits per heavy atom. The van der Waals surface area contributed by atoms with Crippen molar-refractivity contribution in [1.82, 2.24) is 10.3 Å². The van der Waals surface area contributed by atoms with Gasteiger partial charge in [0.1, 0.15) is 5.01 Å². The van der Waals surface area contributed by atoms with Gasteiger partial charge in [0.25, 0.3) is 5.69 Å². The van der Waals surface area contributed by atoms with E-state index < -0.39 is 4.92 Å². The number of thiazole rings is 1. The zero-order valence-electron chi connectivity index (χ0n) is 12.3. The molecular weight excluding hydrogens is 304 g/mol. The molecule has 22 heavy (non-hydrogen) atoms. The molecule has 0 saturated heterocycles. The van der Waals surface area contributed by atoms with E-state index in [9.17, 15) is 14.9 Å². The number of nitro benzene ring substituents is 1. The van der Waals surface area contributed by atoms with Crippen molar-refractivity contribution in [2.45, 2.75) is 26.8 Å². The minimum absolute atomic E-state index is 0.0286. The molecule has 0 aliphatic heterocycles. The van der Waals surface area contributed by atoms with Gasteiger partial charge in [0.15, 0.2) is 0 Å². The molecule has 0 spiro atoms. The maximum atomic E-state index is 11.8. The molecule has 8 heteroatoms. The zero-order chi connectivity index (χ0) is 16.1. The van der Waals surface area contributed by atoms with Gasteiger partial charge in [-0.3, -0.25) is 10.1 Å². The highest BCUT2D eigenvalue weighted by atomic mass is 32.1. The van der Waals surface area contributed by atoms with Gasteiger partial charge >= 0.3 is 6.03 Å². The number of carbonyl (C=O) groups excluding carboxylic acids is 1. The zero-order valence-corrected chi connectivity index (χ0v) is 13.1. The highest BCUT2D eigenvalue weighted by Gasteiger charge is 2.11. The van der Waals surface area contributed by atoms with Gasteiger partial charge in [0, 0.05) is 28.4 Å². The quantitative estimate of drug-likeness (QED) is 0.652. The average Bonchev–Trinajstić information content (AvgIpc) is 2.93. The molecule has 0 unspecified atom stereocenters. The van der Waals surface area contributed by atoms with E-state index in [4.69, 9.17) is 0 Å². The number of hydrogen-bond donors (Lipinski definition) is 2. The van der Waals surface area contributed by atoms with Gasteiger partial charge in [-0.25, -0.2) is 9.78 Å². The summed E-state index contributed by atoms with van der Waals surface area (Å²) < 4.78 is 0. The fourth-order valence-corrected chi connectivity index (χ4v) is 2.66. The summed E-state index contributed by atoms with van der Waals surface area (Å²) in [6.07, 6.45) is 2.73. The van der Waals surface area contributed by atoms with Gasteiger partial charge in [-0.05, 0) is 25.5 Å². The van der Waals surface area contributed by atoms with Crippen molar-refractivity contribution in [1.29, 1.82) is 0 Å². The van der Waals surface area contributed by atoms with E-state index in [0.29, 0.717) is 17.8 Å². The Morgan fingerprint density at radius 2 is 2.23 bits per heavy atom. The summed E-state index contributed by atoms with van der Waals surface area (Å²) in [4.78, 5) is 27.5. The first-order valence-corrected chi connectivity index (χ1v) is 7.54. The van der Waals surface area contributed by atoms with Crippen LogP contribution in [0.1, 0.15) is 22.4 Å². The first kappa shape index (κ1) is 15.9. The summed E-state index contributed by atoms with van der Waals surface area (Å²) in [6.45, 7) is 4.03. The SMILES string of the molecule is CCc1cnc(CNC(=O)Nc2ccc([N+](=O)[O-])c(C)c2)s1. The van der Waals surface area contributed by atoms with Crippen molar-refractivity contribution in [2.75, 3.05) is 5.32 Å². The van der Waals surface area contributed by atoms with E-state index in [2.05, 4.69) is 15.6 Å². The molecule has 0 aliphatic rings. The lowest BCUT2D eigenvalue weighted by Crippen LogP contribution is -2.28. The maximum absolute atomic E-state index is 11.8. The van der Waals surface area contributed by atoms with E-state index in [1.807, 2.05) is 6.92 Å². The molecule has 0 atom stereocenters. The summed E-state index contributed by atoms with van der Waals surface area (Å²) in [6, 6.07) is 4.07. The standard InChI is InChI=1S/C14H16N4O3S/c1-3-11-7-15-13(22-11)8-16-14(19)17-10-4-5-12(18(20)21)9(2)6-10/h4-7H,3,8H2,1-2H3,(H2,16,17,19). The molecule has 0 saturated carbocycles. The monoisotopic (exact) mass is 320 g/mol. The summed E-state index contributed by atoms with van der Waals surface area (Å²) >= 11 is 1.56. The normalized spacial score (nSPS) is 10.3. The van der Waals surface area contributed by atoms with Crippen molar-refractivity contribution in [3.63, 3.8) is 0 Å². The van der Waals surface area contributed by atoms with Gasteiger partial charge < -0.3 is 10.6 Å². The molecule has 0 fully saturated rings. The summed E-state index contributed by atoms with van der Waals surface area (Å²) in [5.74, 6) is 0. The van der Waals surface area contributed by atoms with Crippen molar-refractivity contribution in [3.8, 4) is 0 Å². The second-order valence-electron chi connectivity index (χ2n) is 4.64. The van der Waals surface area contributed by atoms with Crippen LogP contribution in [-0.4, -0.2) is 15.9 Å². The average molecular weight is 320 g/mol. The largest absolute Gasteiger partial charge is 0.331 e. The van der Waals surface area contributed by atoms with Gasteiger partial charge in [0.2, 0.25) is 0 Å². The molecule has 2 amide bonds.